The van der Waals surface area contributed by atoms with Gasteiger partial charge in [-0.1, -0.05) is 12.1 Å². The number of nitrogens with zero attached hydrogens (tertiary/aromatic N) is 3. The molecule has 0 bridgehead atoms. The van der Waals surface area contributed by atoms with Gasteiger partial charge in [0.2, 0.25) is 5.91 Å². The van der Waals surface area contributed by atoms with Crippen molar-refractivity contribution in [2.45, 2.75) is 33.2 Å². The van der Waals surface area contributed by atoms with Crippen molar-refractivity contribution >= 4 is 28.1 Å². The van der Waals surface area contributed by atoms with Crippen LogP contribution in [0.15, 0.2) is 29.8 Å². The highest BCUT2D eigenvalue weighted by molar-refractivity contribution is 7.13. The lowest BCUT2D eigenvalue weighted by molar-refractivity contribution is -0.120. The van der Waals surface area contributed by atoms with Gasteiger partial charge in [-0.25, -0.2) is 4.98 Å². The van der Waals surface area contributed by atoms with Crippen LogP contribution in [0.25, 0.3) is 0 Å². The molecule has 0 unspecified atom stereocenters. The molecule has 1 aliphatic heterocycles. The monoisotopic (exact) mass is 358 g/mol. The molecule has 1 aliphatic rings. The van der Waals surface area contributed by atoms with Gasteiger partial charge in [0, 0.05) is 43.4 Å². The van der Waals surface area contributed by atoms with E-state index < -0.39 is 0 Å². The van der Waals surface area contributed by atoms with Gasteiger partial charge in [-0.05, 0) is 44.4 Å². The molecule has 3 rings (SSSR count). The van der Waals surface area contributed by atoms with Gasteiger partial charge in [0.05, 0.1) is 6.04 Å². The van der Waals surface area contributed by atoms with Crippen LogP contribution in [0.5, 0.6) is 0 Å². The molecular weight excluding hydrogens is 332 g/mol. The molecule has 1 N–H and O–H groups in total. The van der Waals surface area contributed by atoms with E-state index in [1.54, 1.807) is 11.3 Å². The number of benzene rings is 1. The number of hydrogen-bond donors (Lipinski definition) is 1. The van der Waals surface area contributed by atoms with E-state index in [4.69, 9.17) is 0 Å². The van der Waals surface area contributed by atoms with Gasteiger partial charge >= 0.3 is 0 Å². The maximum atomic E-state index is 12.7. The van der Waals surface area contributed by atoms with Crippen LogP contribution >= 0.6 is 11.3 Å². The van der Waals surface area contributed by atoms with Crippen molar-refractivity contribution in [1.29, 1.82) is 0 Å². The van der Waals surface area contributed by atoms with Gasteiger partial charge in [-0.15, -0.1) is 11.3 Å². The van der Waals surface area contributed by atoms with E-state index in [0.29, 0.717) is 0 Å². The van der Waals surface area contributed by atoms with Crippen LogP contribution in [-0.2, 0) is 4.79 Å². The Morgan fingerprint density at radius 3 is 2.84 bits per heavy atom. The lowest BCUT2D eigenvalue weighted by atomic mass is 10.1. The van der Waals surface area contributed by atoms with Gasteiger partial charge in [0.25, 0.3) is 0 Å². The second-order valence-corrected chi connectivity index (χ2v) is 7.55. The first-order valence-electron chi connectivity index (χ1n) is 8.81. The maximum absolute atomic E-state index is 12.7. The van der Waals surface area contributed by atoms with E-state index in [0.717, 1.165) is 54.5 Å². The predicted molar refractivity (Wildman–Crippen MR) is 105 cm³/mol. The molecule has 2 aromatic rings. The van der Waals surface area contributed by atoms with Crippen molar-refractivity contribution in [1.82, 2.24) is 9.88 Å². The van der Waals surface area contributed by atoms with Crippen LogP contribution in [0, 0.1) is 13.8 Å². The van der Waals surface area contributed by atoms with Gasteiger partial charge in [-0.2, -0.15) is 0 Å². The molecule has 1 saturated heterocycles. The molecule has 0 spiro atoms. The van der Waals surface area contributed by atoms with E-state index in [2.05, 4.69) is 26.2 Å². The highest BCUT2D eigenvalue weighted by Gasteiger charge is 2.25. The van der Waals surface area contributed by atoms with Crippen LogP contribution in [0.4, 0.5) is 10.8 Å². The summed E-state index contributed by atoms with van der Waals surface area (Å²) in [5, 5.41) is 6.19. The summed E-state index contributed by atoms with van der Waals surface area (Å²) in [6.07, 6.45) is 2.89. The van der Waals surface area contributed by atoms with Crippen molar-refractivity contribution in [2.75, 3.05) is 36.4 Å². The number of carbonyl (C=O) groups excluding carboxylic acids is 1. The van der Waals surface area contributed by atoms with Crippen molar-refractivity contribution in [3.8, 4) is 0 Å². The van der Waals surface area contributed by atoms with Crippen molar-refractivity contribution in [3.05, 3.63) is 40.9 Å². The summed E-state index contributed by atoms with van der Waals surface area (Å²) in [7, 11) is 0. The molecule has 25 heavy (non-hydrogen) atoms. The van der Waals surface area contributed by atoms with Gasteiger partial charge in [0.1, 0.15) is 0 Å². The Morgan fingerprint density at radius 2 is 2.08 bits per heavy atom. The third kappa shape index (κ3) is 4.38. The van der Waals surface area contributed by atoms with E-state index in [1.165, 1.54) is 0 Å². The summed E-state index contributed by atoms with van der Waals surface area (Å²) >= 11 is 1.68. The fourth-order valence-electron chi connectivity index (χ4n) is 3.16. The van der Waals surface area contributed by atoms with E-state index in [9.17, 15) is 4.79 Å². The summed E-state index contributed by atoms with van der Waals surface area (Å²) in [6, 6.07) is 6.01. The van der Waals surface area contributed by atoms with Gasteiger partial charge < -0.3 is 10.2 Å². The first kappa shape index (κ1) is 17.9. The number of anilines is 2. The number of thiazole rings is 1. The summed E-state index contributed by atoms with van der Waals surface area (Å²) in [5.74, 6) is 0.0661. The summed E-state index contributed by atoms with van der Waals surface area (Å²) in [5.41, 5.74) is 3.16. The molecule has 1 atom stereocenters. The average molecular weight is 359 g/mol. The third-order valence-electron chi connectivity index (χ3n) is 4.80. The van der Waals surface area contributed by atoms with Crippen LogP contribution in [-0.4, -0.2) is 48.0 Å². The molecule has 1 fully saturated rings. The number of hydrogen-bond acceptors (Lipinski definition) is 5. The number of nitrogens with one attached hydrogen (secondary N) is 1. The zero-order valence-corrected chi connectivity index (χ0v) is 16.0. The zero-order chi connectivity index (χ0) is 17.8. The maximum Gasteiger partial charge on any atom is 0.241 e. The molecule has 0 radical (unpaired) electrons. The van der Waals surface area contributed by atoms with Crippen LogP contribution in [0.1, 0.15) is 24.5 Å². The quantitative estimate of drug-likeness (QED) is 0.911. The normalized spacial score (nSPS) is 17.2. The molecule has 6 heteroatoms. The summed E-state index contributed by atoms with van der Waals surface area (Å²) in [6.45, 7) is 9.78. The number of aryl methyl sites for hydroxylation is 2. The Balaban J connectivity index is 1.61. The molecule has 1 aromatic carbocycles. The first-order valence-corrected chi connectivity index (χ1v) is 9.69. The molecular formula is C19H26N4OS. The topological polar surface area (TPSA) is 48.5 Å². The Hall–Kier alpha value is -1.92. The van der Waals surface area contributed by atoms with Crippen LogP contribution in [0.3, 0.4) is 0 Å². The second-order valence-electron chi connectivity index (χ2n) is 6.67. The predicted octanol–water partition coefficient (Wildman–Crippen LogP) is 3.30. The van der Waals surface area contributed by atoms with E-state index in [-0.39, 0.29) is 11.9 Å². The Labute approximate surface area is 153 Å². The number of rotatable bonds is 4. The van der Waals surface area contributed by atoms with Gasteiger partial charge in [-0.3, -0.25) is 9.69 Å². The average Bonchev–Trinajstić information content (AvgIpc) is 3.02. The Bertz CT molecular complexity index is 716. The molecule has 134 valence electrons. The van der Waals surface area contributed by atoms with E-state index >= 15 is 0 Å². The molecule has 0 aliphatic carbocycles. The fraction of sp³-hybridized carbons (Fsp3) is 0.474. The molecule has 2 heterocycles. The minimum atomic E-state index is -0.142. The summed E-state index contributed by atoms with van der Waals surface area (Å²) < 4.78 is 0. The number of amides is 1. The van der Waals surface area contributed by atoms with Gasteiger partial charge in [0.15, 0.2) is 5.13 Å². The van der Waals surface area contributed by atoms with E-state index in [1.807, 2.05) is 44.5 Å². The lowest BCUT2D eigenvalue weighted by Gasteiger charge is -2.27. The zero-order valence-electron chi connectivity index (χ0n) is 15.2. The molecule has 5 nitrogen and oxygen atoms in total. The summed E-state index contributed by atoms with van der Waals surface area (Å²) in [4.78, 5) is 21.7. The fourth-order valence-corrected chi connectivity index (χ4v) is 3.86. The van der Waals surface area contributed by atoms with Crippen molar-refractivity contribution < 1.29 is 4.79 Å². The SMILES string of the molecule is Cc1ccc(C)c(NC(=O)[C@@H](C)N2CCCN(c3nccs3)CC2)c1. The highest BCUT2D eigenvalue weighted by atomic mass is 32.1. The minimum absolute atomic E-state index is 0.0661. The molecule has 1 amide bonds. The Morgan fingerprint density at radius 1 is 1.24 bits per heavy atom. The number of aromatic nitrogens is 1. The smallest absolute Gasteiger partial charge is 0.241 e. The second kappa shape index (κ2) is 7.97. The van der Waals surface area contributed by atoms with Crippen LogP contribution in [0.2, 0.25) is 0 Å². The first-order chi connectivity index (χ1) is 12.0. The highest BCUT2D eigenvalue weighted by Crippen LogP contribution is 2.21. The molecule has 1 aromatic heterocycles. The largest absolute Gasteiger partial charge is 0.347 e. The third-order valence-corrected chi connectivity index (χ3v) is 5.63. The minimum Gasteiger partial charge on any atom is -0.347 e. The van der Waals surface area contributed by atoms with Crippen molar-refractivity contribution in [3.63, 3.8) is 0 Å². The lowest BCUT2D eigenvalue weighted by Crippen LogP contribution is -2.44. The standard InChI is InChI=1S/C19H26N4OS/c1-14-5-6-15(2)17(13-14)21-18(24)16(3)22-8-4-9-23(11-10-22)19-20-7-12-25-19/h5-7,12-13,16H,4,8-11H2,1-3H3,(H,21,24)/t16-/m1/s1. The molecule has 0 saturated carbocycles. The Kier molecular flexibility index (Phi) is 5.71. The number of carbonyl (C=O) groups is 1. The van der Waals surface area contributed by atoms with Crippen LogP contribution < -0.4 is 10.2 Å². The van der Waals surface area contributed by atoms with Crippen molar-refractivity contribution in [2.24, 2.45) is 0 Å².